The van der Waals surface area contributed by atoms with Gasteiger partial charge in [-0.25, -0.2) is 0 Å². The molecule has 0 aliphatic carbocycles. The van der Waals surface area contributed by atoms with Crippen molar-refractivity contribution in [3.63, 3.8) is 0 Å². The normalized spacial score (nSPS) is 13.9. The average Bonchev–Trinajstić information content (AvgIpc) is 2.16. The molecule has 1 aromatic carbocycles. The molecule has 1 aromatic rings. The van der Waals surface area contributed by atoms with Crippen molar-refractivity contribution in [1.82, 2.24) is 0 Å². The summed E-state index contributed by atoms with van der Waals surface area (Å²) in [6.45, 7) is 4.16. The van der Waals surface area contributed by atoms with Gasteiger partial charge in [0, 0.05) is 12.6 Å². The second-order valence-electron chi connectivity index (χ2n) is 4.40. The van der Waals surface area contributed by atoms with Crippen molar-refractivity contribution >= 4 is 0 Å². The molecule has 1 atom stereocenters. The Balaban J connectivity index is 2.90. The van der Waals surface area contributed by atoms with Gasteiger partial charge in [0.25, 0.3) is 0 Å². The molecule has 3 nitrogen and oxygen atoms in total. The molecule has 84 valence electrons. The first-order valence-corrected chi connectivity index (χ1v) is 5.00. The fourth-order valence-electron chi connectivity index (χ4n) is 1.45. The van der Waals surface area contributed by atoms with E-state index in [1.54, 1.807) is 21.0 Å². The Labute approximate surface area is 90.9 Å². The van der Waals surface area contributed by atoms with Crippen molar-refractivity contribution in [3.05, 3.63) is 35.4 Å². The van der Waals surface area contributed by atoms with Crippen LogP contribution in [0.5, 0.6) is 0 Å². The Kier molecular flexibility index (Phi) is 3.85. The third kappa shape index (κ3) is 3.30. The summed E-state index contributed by atoms with van der Waals surface area (Å²) in [6, 6.07) is 7.66. The molecule has 0 amide bonds. The number of benzene rings is 1. The number of aliphatic hydroxyl groups excluding tert-OH is 1. The molecule has 1 rings (SSSR count). The lowest BCUT2D eigenvalue weighted by Gasteiger charge is -2.26. The van der Waals surface area contributed by atoms with E-state index in [0.717, 1.165) is 11.1 Å². The number of methoxy groups -OCH3 is 1. The Morgan fingerprint density at radius 2 is 2.13 bits per heavy atom. The molecule has 0 bridgehead atoms. The van der Waals surface area contributed by atoms with E-state index in [1.807, 2.05) is 24.3 Å². The third-order valence-corrected chi connectivity index (χ3v) is 2.28. The van der Waals surface area contributed by atoms with Gasteiger partial charge in [0.05, 0.1) is 12.7 Å². The minimum atomic E-state index is -0.658. The lowest BCUT2D eigenvalue weighted by Crippen LogP contribution is -2.39. The van der Waals surface area contributed by atoms with Crippen molar-refractivity contribution in [2.24, 2.45) is 5.73 Å². The predicted molar refractivity (Wildman–Crippen MR) is 60.4 cm³/mol. The maximum Gasteiger partial charge on any atom is 0.0964 e. The smallest absolute Gasteiger partial charge is 0.0964 e. The first-order valence-electron chi connectivity index (χ1n) is 5.00. The third-order valence-electron chi connectivity index (χ3n) is 2.28. The van der Waals surface area contributed by atoms with Crippen LogP contribution in [0.25, 0.3) is 0 Å². The quantitative estimate of drug-likeness (QED) is 0.792. The van der Waals surface area contributed by atoms with Crippen molar-refractivity contribution < 1.29 is 9.84 Å². The molecule has 0 fully saturated rings. The highest BCUT2D eigenvalue weighted by molar-refractivity contribution is 5.26. The van der Waals surface area contributed by atoms with E-state index in [-0.39, 0.29) is 0 Å². The topological polar surface area (TPSA) is 55.5 Å². The molecule has 15 heavy (non-hydrogen) atoms. The standard InChI is InChI=1S/C12H19NO2/c1-12(2,13)11(14)10-6-4-5-9(7-10)8-15-3/h4-7,11,14H,8,13H2,1-3H3. The van der Waals surface area contributed by atoms with Gasteiger partial charge < -0.3 is 15.6 Å². The molecule has 0 heterocycles. The second kappa shape index (κ2) is 4.75. The lowest BCUT2D eigenvalue weighted by molar-refractivity contribution is 0.104. The Morgan fingerprint density at radius 1 is 1.47 bits per heavy atom. The Morgan fingerprint density at radius 3 is 2.67 bits per heavy atom. The van der Waals surface area contributed by atoms with E-state index in [9.17, 15) is 5.11 Å². The van der Waals surface area contributed by atoms with Gasteiger partial charge in [-0.15, -0.1) is 0 Å². The molecule has 0 saturated heterocycles. The molecule has 0 saturated carbocycles. The monoisotopic (exact) mass is 209 g/mol. The highest BCUT2D eigenvalue weighted by Gasteiger charge is 2.24. The summed E-state index contributed by atoms with van der Waals surface area (Å²) in [4.78, 5) is 0. The van der Waals surface area contributed by atoms with Crippen LogP contribution in [-0.2, 0) is 11.3 Å². The van der Waals surface area contributed by atoms with Crippen LogP contribution in [0.2, 0.25) is 0 Å². The molecular formula is C12H19NO2. The molecule has 3 N–H and O–H groups in total. The summed E-state index contributed by atoms with van der Waals surface area (Å²) >= 11 is 0. The number of hydrogen-bond acceptors (Lipinski definition) is 3. The van der Waals surface area contributed by atoms with Crippen LogP contribution >= 0.6 is 0 Å². The zero-order valence-electron chi connectivity index (χ0n) is 9.53. The summed E-state index contributed by atoms with van der Waals surface area (Å²) in [7, 11) is 1.65. The number of ether oxygens (including phenoxy) is 1. The summed E-state index contributed by atoms with van der Waals surface area (Å²) < 4.78 is 5.04. The fourth-order valence-corrected chi connectivity index (χ4v) is 1.45. The van der Waals surface area contributed by atoms with Gasteiger partial charge in [-0.1, -0.05) is 24.3 Å². The van der Waals surface area contributed by atoms with Crippen molar-refractivity contribution in [2.75, 3.05) is 7.11 Å². The molecule has 3 heteroatoms. The van der Waals surface area contributed by atoms with Crippen LogP contribution in [0.1, 0.15) is 31.1 Å². The zero-order valence-corrected chi connectivity index (χ0v) is 9.53. The summed E-state index contributed by atoms with van der Waals surface area (Å²) in [5.41, 5.74) is 7.09. The molecular weight excluding hydrogens is 190 g/mol. The van der Waals surface area contributed by atoms with E-state index in [4.69, 9.17) is 10.5 Å². The summed E-state index contributed by atoms with van der Waals surface area (Å²) in [6.07, 6.45) is -0.658. The Bertz CT molecular complexity index is 318. The van der Waals surface area contributed by atoms with Crippen molar-refractivity contribution in [3.8, 4) is 0 Å². The summed E-state index contributed by atoms with van der Waals surface area (Å²) in [5, 5.41) is 9.98. The van der Waals surface area contributed by atoms with E-state index in [2.05, 4.69) is 0 Å². The number of rotatable bonds is 4. The second-order valence-corrected chi connectivity index (χ2v) is 4.40. The van der Waals surface area contributed by atoms with Gasteiger partial charge in [-0.2, -0.15) is 0 Å². The SMILES string of the molecule is COCc1cccc(C(O)C(C)(C)N)c1. The van der Waals surface area contributed by atoms with Crippen molar-refractivity contribution in [2.45, 2.75) is 32.1 Å². The molecule has 1 unspecified atom stereocenters. The number of aliphatic hydroxyl groups is 1. The molecule has 0 aliphatic heterocycles. The van der Waals surface area contributed by atoms with Gasteiger partial charge >= 0.3 is 0 Å². The first kappa shape index (κ1) is 12.2. The maximum absolute atomic E-state index is 9.98. The van der Waals surface area contributed by atoms with Crippen LogP contribution < -0.4 is 5.73 Å². The zero-order chi connectivity index (χ0) is 11.5. The van der Waals surface area contributed by atoms with Gasteiger partial charge in [0.15, 0.2) is 0 Å². The van der Waals surface area contributed by atoms with Crippen LogP contribution in [0.15, 0.2) is 24.3 Å². The lowest BCUT2D eigenvalue weighted by atomic mass is 9.92. The van der Waals surface area contributed by atoms with E-state index in [0.29, 0.717) is 6.61 Å². The molecule has 0 aliphatic rings. The fraction of sp³-hybridized carbons (Fsp3) is 0.500. The molecule has 0 spiro atoms. The van der Waals surface area contributed by atoms with Gasteiger partial charge in [0.1, 0.15) is 0 Å². The number of hydrogen-bond donors (Lipinski definition) is 2. The average molecular weight is 209 g/mol. The molecule has 0 radical (unpaired) electrons. The van der Waals surface area contributed by atoms with Crippen LogP contribution in [0, 0.1) is 0 Å². The predicted octanol–water partition coefficient (Wildman–Crippen LogP) is 1.60. The minimum absolute atomic E-state index is 0.547. The maximum atomic E-state index is 9.98. The van der Waals surface area contributed by atoms with Gasteiger partial charge in [0.2, 0.25) is 0 Å². The van der Waals surface area contributed by atoms with Crippen LogP contribution in [0.3, 0.4) is 0 Å². The van der Waals surface area contributed by atoms with E-state index < -0.39 is 11.6 Å². The molecule has 0 aromatic heterocycles. The Hall–Kier alpha value is -0.900. The first-order chi connectivity index (χ1) is 6.95. The number of nitrogens with two attached hydrogens (primary N) is 1. The van der Waals surface area contributed by atoms with Gasteiger partial charge in [-0.3, -0.25) is 0 Å². The van der Waals surface area contributed by atoms with Gasteiger partial charge in [-0.05, 0) is 25.0 Å². The highest BCUT2D eigenvalue weighted by Crippen LogP contribution is 2.23. The van der Waals surface area contributed by atoms with E-state index >= 15 is 0 Å². The van der Waals surface area contributed by atoms with Crippen molar-refractivity contribution in [1.29, 1.82) is 0 Å². The largest absolute Gasteiger partial charge is 0.387 e. The van der Waals surface area contributed by atoms with Crippen LogP contribution in [-0.4, -0.2) is 17.8 Å². The summed E-state index contributed by atoms with van der Waals surface area (Å²) in [5.74, 6) is 0. The highest BCUT2D eigenvalue weighted by atomic mass is 16.5. The minimum Gasteiger partial charge on any atom is -0.387 e. The van der Waals surface area contributed by atoms with Crippen LogP contribution in [0.4, 0.5) is 0 Å². The van der Waals surface area contributed by atoms with E-state index in [1.165, 1.54) is 0 Å².